The lowest BCUT2D eigenvalue weighted by Crippen LogP contribution is -2.34. The SMILES string of the molecule is CCCCCC(C)(O)CS[C@H]1[C@H](OC(C)=O)CC(=O)[C@@H]1CC(=O)CCCCC(=O)OC. The number of methoxy groups -OCH3 is 1. The Hall–Kier alpha value is -1.41. The fraction of sp³-hybridized carbons (Fsp3) is 0.826. The molecule has 0 aromatic rings. The average molecular weight is 459 g/mol. The number of aliphatic hydroxyl groups is 1. The van der Waals surface area contributed by atoms with Gasteiger partial charge in [-0.1, -0.05) is 26.2 Å². The summed E-state index contributed by atoms with van der Waals surface area (Å²) >= 11 is 1.43. The second-order valence-electron chi connectivity index (χ2n) is 8.68. The van der Waals surface area contributed by atoms with E-state index < -0.39 is 23.6 Å². The third-order valence-electron chi connectivity index (χ3n) is 5.56. The quantitative estimate of drug-likeness (QED) is 0.293. The number of hydrogen-bond donors (Lipinski definition) is 1. The minimum absolute atomic E-state index is 0.0352. The van der Waals surface area contributed by atoms with Gasteiger partial charge in [0.1, 0.15) is 17.7 Å². The van der Waals surface area contributed by atoms with Crippen molar-refractivity contribution in [1.29, 1.82) is 0 Å². The third kappa shape index (κ3) is 10.6. The standard InChI is InChI=1S/C23H38O7S/c1-5-6-9-12-23(3,28)15-31-22-18(19(26)14-20(22)30-16(2)24)13-17(25)10-7-8-11-21(27)29-4/h18,20,22,28H,5-15H2,1-4H3/t18-,20+,22+,23?/m0/s1. The molecule has 1 saturated carbocycles. The first-order valence-corrected chi connectivity index (χ1v) is 12.3. The number of thioether (sulfide) groups is 1. The Kier molecular flexibility index (Phi) is 12.4. The van der Waals surface area contributed by atoms with Crippen molar-refractivity contribution in [3.05, 3.63) is 0 Å². The summed E-state index contributed by atoms with van der Waals surface area (Å²) < 4.78 is 9.97. The van der Waals surface area contributed by atoms with Gasteiger partial charge >= 0.3 is 11.9 Å². The molecule has 4 atom stereocenters. The van der Waals surface area contributed by atoms with E-state index in [1.165, 1.54) is 25.8 Å². The van der Waals surface area contributed by atoms with Crippen molar-refractivity contribution in [2.75, 3.05) is 12.9 Å². The molecule has 178 valence electrons. The van der Waals surface area contributed by atoms with Crippen LogP contribution in [-0.4, -0.2) is 58.4 Å². The van der Waals surface area contributed by atoms with E-state index in [0.29, 0.717) is 31.4 Å². The van der Waals surface area contributed by atoms with Gasteiger partial charge in [-0.15, -0.1) is 0 Å². The van der Waals surface area contributed by atoms with Crippen LogP contribution < -0.4 is 0 Å². The number of Topliss-reactive ketones (excluding diaryl/α,β-unsaturated/α-hetero) is 2. The largest absolute Gasteiger partial charge is 0.469 e. The molecule has 1 aliphatic carbocycles. The molecule has 0 bridgehead atoms. The van der Waals surface area contributed by atoms with Crippen LogP contribution in [0, 0.1) is 5.92 Å². The minimum atomic E-state index is -0.880. The van der Waals surface area contributed by atoms with Crippen LogP contribution in [-0.2, 0) is 28.7 Å². The summed E-state index contributed by atoms with van der Waals surface area (Å²) in [5.74, 6) is -0.966. The number of carbonyl (C=O) groups excluding carboxylic acids is 4. The summed E-state index contributed by atoms with van der Waals surface area (Å²) in [6.07, 6.45) is 5.03. The maximum Gasteiger partial charge on any atom is 0.305 e. The molecule has 0 aliphatic heterocycles. The van der Waals surface area contributed by atoms with Crippen LogP contribution in [0.25, 0.3) is 0 Å². The number of ether oxygens (including phenoxy) is 2. The van der Waals surface area contributed by atoms with Gasteiger partial charge in [0.05, 0.1) is 18.0 Å². The van der Waals surface area contributed by atoms with Gasteiger partial charge in [0, 0.05) is 44.3 Å². The molecule has 0 radical (unpaired) electrons. The summed E-state index contributed by atoms with van der Waals surface area (Å²) in [6.45, 7) is 5.20. The first-order chi connectivity index (χ1) is 14.6. The molecule has 0 aromatic carbocycles. The van der Waals surface area contributed by atoms with Crippen molar-refractivity contribution >= 4 is 35.3 Å². The van der Waals surface area contributed by atoms with Crippen molar-refractivity contribution < 1.29 is 33.8 Å². The monoisotopic (exact) mass is 458 g/mol. The first-order valence-electron chi connectivity index (χ1n) is 11.2. The highest BCUT2D eigenvalue weighted by Crippen LogP contribution is 2.39. The van der Waals surface area contributed by atoms with Crippen molar-refractivity contribution in [2.45, 2.75) is 102 Å². The topological polar surface area (TPSA) is 107 Å². The Labute approximate surface area is 190 Å². The summed E-state index contributed by atoms with van der Waals surface area (Å²) in [6, 6.07) is 0. The zero-order valence-electron chi connectivity index (χ0n) is 19.3. The molecule has 1 rings (SSSR count). The fourth-order valence-electron chi connectivity index (χ4n) is 3.83. The number of rotatable bonds is 15. The van der Waals surface area contributed by atoms with Crippen molar-refractivity contribution in [3.63, 3.8) is 0 Å². The smallest absolute Gasteiger partial charge is 0.305 e. The van der Waals surface area contributed by atoms with Gasteiger partial charge in [-0.25, -0.2) is 0 Å². The second kappa shape index (κ2) is 13.9. The highest BCUT2D eigenvalue weighted by molar-refractivity contribution is 8.00. The summed E-state index contributed by atoms with van der Waals surface area (Å²) in [5.41, 5.74) is -0.880. The number of esters is 2. The lowest BCUT2D eigenvalue weighted by atomic mass is 9.96. The van der Waals surface area contributed by atoms with E-state index >= 15 is 0 Å². The van der Waals surface area contributed by atoms with Gasteiger partial charge in [0.25, 0.3) is 0 Å². The fourth-order valence-corrected chi connectivity index (χ4v) is 5.37. The molecule has 0 spiro atoms. The van der Waals surface area contributed by atoms with Crippen molar-refractivity contribution in [3.8, 4) is 0 Å². The van der Waals surface area contributed by atoms with Crippen LogP contribution in [0.3, 0.4) is 0 Å². The molecule has 0 saturated heterocycles. The summed E-state index contributed by atoms with van der Waals surface area (Å²) in [5, 5.41) is 10.4. The van der Waals surface area contributed by atoms with Gasteiger partial charge in [0.15, 0.2) is 0 Å². The van der Waals surface area contributed by atoms with E-state index in [0.717, 1.165) is 19.3 Å². The molecule has 7 nitrogen and oxygen atoms in total. The zero-order valence-corrected chi connectivity index (χ0v) is 20.1. The van der Waals surface area contributed by atoms with Crippen molar-refractivity contribution in [2.24, 2.45) is 5.92 Å². The van der Waals surface area contributed by atoms with Gasteiger partial charge in [-0.05, 0) is 26.2 Å². The van der Waals surface area contributed by atoms with Crippen LogP contribution in [0.2, 0.25) is 0 Å². The summed E-state index contributed by atoms with van der Waals surface area (Å²) in [7, 11) is 1.33. The molecule has 31 heavy (non-hydrogen) atoms. The molecular weight excluding hydrogens is 420 g/mol. The zero-order chi connectivity index (χ0) is 23.4. The maximum atomic E-state index is 12.6. The average Bonchev–Trinajstić information content (AvgIpc) is 2.97. The Morgan fingerprint density at radius 2 is 1.84 bits per heavy atom. The minimum Gasteiger partial charge on any atom is -0.469 e. The molecule has 0 aromatic heterocycles. The van der Waals surface area contributed by atoms with Crippen molar-refractivity contribution in [1.82, 2.24) is 0 Å². The first kappa shape index (κ1) is 27.6. The summed E-state index contributed by atoms with van der Waals surface area (Å²) in [4.78, 5) is 47.8. The van der Waals surface area contributed by atoms with E-state index in [-0.39, 0.29) is 42.0 Å². The second-order valence-corrected chi connectivity index (χ2v) is 9.85. The van der Waals surface area contributed by atoms with Crippen LogP contribution in [0.4, 0.5) is 0 Å². The number of carbonyl (C=O) groups is 4. The van der Waals surface area contributed by atoms with Gasteiger partial charge < -0.3 is 14.6 Å². The lowest BCUT2D eigenvalue weighted by Gasteiger charge is -2.28. The molecule has 8 heteroatoms. The normalized spacial score (nSPS) is 22.7. The predicted molar refractivity (Wildman–Crippen MR) is 120 cm³/mol. The van der Waals surface area contributed by atoms with Crippen LogP contribution in [0.5, 0.6) is 0 Å². The van der Waals surface area contributed by atoms with E-state index in [2.05, 4.69) is 11.7 Å². The van der Waals surface area contributed by atoms with E-state index in [1.807, 2.05) is 0 Å². The maximum absolute atomic E-state index is 12.6. The Morgan fingerprint density at radius 1 is 1.16 bits per heavy atom. The third-order valence-corrected chi connectivity index (χ3v) is 7.37. The Morgan fingerprint density at radius 3 is 2.45 bits per heavy atom. The number of unbranched alkanes of at least 4 members (excludes halogenated alkanes) is 3. The van der Waals surface area contributed by atoms with E-state index in [1.54, 1.807) is 6.92 Å². The number of ketones is 2. The molecule has 1 fully saturated rings. The highest BCUT2D eigenvalue weighted by atomic mass is 32.2. The Balaban J connectivity index is 2.69. The van der Waals surface area contributed by atoms with Crippen LogP contribution in [0.15, 0.2) is 0 Å². The molecule has 0 amide bonds. The molecular formula is C23H38O7S. The van der Waals surface area contributed by atoms with E-state index in [4.69, 9.17) is 4.74 Å². The Bertz CT molecular complexity index is 617. The highest BCUT2D eigenvalue weighted by Gasteiger charge is 2.45. The molecule has 1 N–H and O–H groups in total. The number of hydrogen-bond acceptors (Lipinski definition) is 8. The molecule has 1 aliphatic rings. The van der Waals surface area contributed by atoms with Gasteiger partial charge in [0.2, 0.25) is 0 Å². The van der Waals surface area contributed by atoms with E-state index in [9.17, 15) is 24.3 Å². The van der Waals surface area contributed by atoms with Crippen LogP contribution in [0.1, 0.15) is 85.0 Å². The van der Waals surface area contributed by atoms with Gasteiger partial charge in [-0.2, -0.15) is 11.8 Å². The van der Waals surface area contributed by atoms with Gasteiger partial charge in [-0.3, -0.25) is 19.2 Å². The molecule has 0 heterocycles. The lowest BCUT2D eigenvalue weighted by molar-refractivity contribution is -0.146. The molecule has 1 unspecified atom stereocenters. The van der Waals surface area contributed by atoms with Crippen LogP contribution >= 0.6 is 11.8 Å². The predicted octanol–water partition coefficient (Wildman–Crippen LogP) is 3.63.